The third-order valence-corrected chi connectivity index (χ3v) is 3.21. The van der Waals surface area contributed by atoms with E-state index in [1.807, 2.05) is 0 Å². The predicted molar refractivity (Wildman–Crippen MR) is 66.1 cm³/mol. The van der Waals surface area contributed by atoms with Gasteiger partial charge in [-0.25, -0.2) is 0 Å². The molecule has 3 nitrogen and oxygen atoms in total. The van der Waals surface area contributed by atoms with Gasteiger partial charge in [0.05, 0.1) is 5.02 Å². The van der Waals surface area contributed by atoms with E-state index in [0.29, 0.717) is 5.56 Å². The summed E-state index contributed by atoms with van der Waals surface area (Å²) in [6, 6.07) is 3.38. The van der Waals surface area contributed by atoms with Crippen molar-refractivity contribution in [3.8, 4) is 5.75 Å². The van der Waals surface area contributed by atoms with E-state index in [4.69, 9.17) is 11.6 Å². The monoisotopic (exact) mass is 297 g/mol. The van der Waals surface area contributed by atoms with E-state index in [2.05, 4.69) is 5.32 Å². The van der Waals surface area contributed by atoms with Crippen LogP contribution in [0, 0.1) is 0 Å². The first-order chi connectivity index (χ1) is 8.77. The fourth-order valence-corrected chi connectivity index (χ4v) is 1.84. The van der Waals surface area contributed by atoms with Crippen LogP contribution in [0.3, 0.4) is 0 Å². The Kier molecular flexibility index (Phi) is 5.46. The lowest BCUT2D eigenvalue weighted by atomic mass is 10.1. The largest absolute Gasteiger partial charge is 0.506 e. The number of aromatic hydroxyl groups is 1. The van der Waals surface area contributed by atoms with Crippen molar-refractivity contribution in [1.29, 1.82) is 0 Å². The number of phenolic OH excluding ortho intramolecular Hbond substituents is 1. The normalized spacial score (nSPS) is 15.3. The number of aliphatic hydroxyl groups excluding tert-OH is 1. The first-order valence-corrected chi connectivity index (χ1v) is 6.09. The molecule has 1 aromatic carbocycles. The maximum absolute atomic E-state index is 12.4. The van der Waals surface area contributed by atoms with Crippen LogP contribution in [0.5, 0.6) is 5.75 Å². The molecule has 0 heterocycles. The average Bonchev–Trinajstić information content (AvgIpc) is 2.33. The smallest absolute Gasteiger partial charge is 0.415 e. The van der Waals surface area contributed by atoms with Gasteiger partial charge in [-0.1, -0.05) is 30.7 Å². The zero-order valence-corrected chi connectivity index (χ0v) is 11.0. The minimum absolute atomic E-state index is 0.0267. The van der Waals surface area contributed by atoms with Crippen LogP contribution in [0.2, 0.25) is 5.02 Å². The van der Waals surface area contributed by atoms with Gasteiger partial charge < -0.3 is 15.5 Å². The summed E-state index contributed by atoms with van der Waals surface area (Å²) in [4.78, 5) is 0. The Morgan fingerprint density at radius 1 is 1.37 bits per heavy atom. The summed E-state index contributed by atoms with van der Waals surface area (Å²) in [5, 5.41) is 21.2. The van der Waals surface area contributed by atoms with Crippen molar-refractivity contribution in [1.82, 2.24) is 5.32 Å². The number of benzene rings is 1. The number of alkyl halides is 3. The van der Waals surface area contributed by atoms with Crippen LogP contribution in [0.25, 0.3) is 0 Å². The summed E-state index contributed by atoms with van der Waals surface area (Å²) in [6.07, 6.45) is -7.00. The zero-order valence-electron chi connectivity index (χ0n) is 10.2. The zero-order chi connectivity index (χ0) is 14.6. The van der Waals surface area contributed by atoms with Crippen LogP contribution in [0.15, 0.2) is 18.2 Å². The molecule has 0 saturated heterocycles. The molecular weight excluding hydrogens is 283 g/mol. The highest BCUT2D eigenvalue weighted by atomic mass is 35.5. The Morgan fingerprint density at radius 2 is 2.00 bits per heavy atom. The molecule has 3 N–H and O–H groups in total. The third kappa shape index (κ3) is 4.26. The number of phenols is 1. The molecule has 0 spiro atoms. The van der Waals surface area contributed by atoms with Gasteiger partial charge in [0.1, 0.15) is 5.75 Å². The summed E-state index contributed by atoms with van der Waals surface area (Å²) >= 11 is 5.81. The summed E-state index contributed by atoms with van der Waals surface area (Å²) < 4.78 is 37.2. The molecule has 0 saturated carbocycles. The molecular formula is C12H15ClF3NO2. The van der Waals surface area contributed by atoms with Gasteiger partial charge in [0.15, 0.2) is 6.10 Å². The standard InChI is InChI=1S/C12H15ClF3NO2/c1-2-8(11(19)12(14,15)16)17-6-7-4-3-5-9(18)10(7)13/h3-5,8,11,17-19H,2,6H2,1H3. The highest BCUT2D eigenvalue weighted by Crippen LogP contribution is 2.27. The Bertz CT molecular complexity index is 426. The second kappa shape index (κ2) is 6.45. The molecule has 0 aliphatic heterocycles. The molecule has 0 aliphatic carbocycles. The number of aliphatic hydroxyl groups is 1. The van der Waals surface area contributed by atoms with Crippen LogP contribution >= 0.6 is 11.6 Å². The van der Waals surface area contributed by atoms with Gasteiger partial charge in [-0.15, -0.1) is 0 Å². The highest BCUT2D eigenvalue weighted by molar-refractivity contribution is 6.32. The van der Waals surface area contributed by atoms with Crippen molar-refractivity contribution in [3.63, 3.8) is 0 Å². The third-order valence-electron chi connectivity index (χ3n) is 2.77. The molecule has 0 aliphatic rings. The second-order valence-corrected chi connectivity index (χ2v) is 4.51. The number of nitrogens with one attached hydrogen (secondary N) is 1. The molecule has 2 atom stereocenters. The van der Waals surface area contributed by atoms with E-state index in [0.717, 1.165) is 0 Å². The van der Waals surface area contributed by atoms with Crippen molar-refractivity contribution in [2.24, 2.45) is 0 Å². The Balaban J connectivity index is 2.71. The van der Waals surface area contributed by atoms with E-state index in [1.54, 1.807) is 12.1 Å². The molecule has 2 unspecified atom stereocenters. The lowest BCUT2D eigenvalue weighted by molar-refractivity contribution is -0.212. The molecule has 1 rings (SSSR count). The van der Waals surface area contributed by atoms with Gasteiger partial charge in [0, 0.05) is 12.6 Å². The Labute approximate surface area is 114 Å². The van der Waals surface area contributed by atoms with Crippen molar-refractivity contribution >= 4 is 11.6 Å². The minimum atomic E-state index is -4.67. The van der Waals surface area contributed by atoms with E-state index >= 15 is 0 Å². The van der Waals surface area contributed by atoms with Gasteiger partial charge in [-0.05, 0) is 18.1 Å². The maximum atomic E-state index is 12.4. The van der Waals surface area contributed by atoms with Crippen LogP contribution in [0.4, 0.5) is 13.2 Å². The van der Waals surface area contributed by atoms with E-state index in [1.165, 1.54) is 13.0 Å². The summed E-state index contributed by atoms with van der Waals surface area (Å²) in [6.45, 7) is 1.57. The van der Waals surface area contributed by atoms with Crippen LogP contribution < -0.4 is 5.32 Å². The van der Waals surface area contributed by atoms with Gasteiger partial charge >= 0.3 is 6.18 Å². The first-order valence-electron chi connectivity index (χ1n) is 5.71. The minimum Gasteiger partial charge on any atom is -0.506 e. The quantitative estimate of drug-likeness (QED) is 0.783. The van der Waals surface area contributed by atoms with Crippen molar-refractivity contribution < 1.29 is 23.4 Å². The summed E-state index contributed by atoms with van der Waals surface area (Å²) in [5.41, 5.74) is 0.467. The predicted octanol–water partition coefficient (Wildman–Crippen LogP) is 2.84. The number of hydrogen-bond acceptors (Lipinski definition) is 3. The van der Waals surface area contributed by atoms with Gasteiger partial charge in [0.25, 0.3) is 0 Å². The van der Waals surface area contributed by atoms with E-state index in [-0.39, 0.29) is 23.7 Å². The molecule has 1 aromatic rings. The number of hydrogen-bond donors (Lipinski definition) is 3. The Hall–Kier alpha value is -0.980. The second-order valence-electron chi connectivity index (χ2n) is 4.13. The lowest BCUT2D eigenvalue weighted by Crippen LogP contribution is -2.47. The Morgan fingerprint density at radius 3 is 2.53 bits per heavy atom. The molecule has 19 heavy (non-hydrogen) atoms. The number of rotatable bonds is 5. The summed E-state index contributed by atoms with van der Waals surface area (Å²) in [5.74, 6) is -0.134. The molecule has 0 radical (unpaired) electrons. The maximum Gasteiger partial charge on any atom is 0.415 e. The molecule has 0 aromatic heterocycles. The average molecular weight is 298 g/mol. The van der Waals surface area contributed by atoms with Crippen molar-refractivity contribution in [2.75, 3.05) is 0 Å². The molecule has 0 amide bonds. The topological polar surface area (TPSA) is 52.5 Å². The molecule has 108 valence electrons. The highest BCUT2D eigenvalue weighted by Gasteiger charge is 2.42. The van der Waals surface area contributed by atoms with Crippen LogP contribution in [-0.2, 0) is 6.54 Å². The van der Waals surface area contributed by atoms with Crippen molar-refractivity contribution in [3.05, 3.63) is 28.8 Å². The molecule has 0 bridgehead atoms. The van der Waals surface area contributed by atoms with E-state index < -0.39 is 18.3 Å². The van der Waals surface area contributed by atoms with Gasteiger partial charge in [0.2, 0.25) is 0 Å². The van der Waals surface area contributed by atoms with Gasteiger partial charge in [-0.3, -0.25) is 0 Å². The van der Waals surface area contributed by atoms with Gasteiger partial charge in [-0.2, -0.15) is 13.2 Å². The summed E-state index contributed by atoms with van der Waals surface area (Å²) in [7, 11) is 0. The van der Waals surface area contributed by atoms with Crippen LogP contribution in [-0.4, -0.2) is 28.5 Å². The molecule has 7 heteroatoms. The SMILES string of the molecule is CCC(NCc1cccc(O)c1Cl)C(O)C(F)(F)F. The fourth-order valence-electron chi connectivity index (χ4n) is 1.65. The van der Waals surface area contributed by atoms with E-state index in [9.17, 15) is 23.4 Å². The number of halogens is 4. The molecule has 0 fully saturated rings. The van der Waals surface area contributed by atoms with Crippen LogP contribution in [0.1, 0.15) is 18.9 Å². The first kappa shape index (κ1) is 16.1. The lowest BCUT2D eigenvalue weighted by Gasteiger charge is -2.25. The van der Waals surface area contributed by atoms with Crippen molar-refractivity contribution in [2.45, 2.75) is 38.2 Å². The fraction of sp³-hybridized carbons (Fsp3) is 0.500.